The first-order valence-electron chi connectivity index (χ1n) is 6.05. The van der Waals surface area contributed by atoms with Crippen LogP contribution in [0.25, 0.3) is 10.3 Å². The van der Waals surface area contributed by atoms with E-state index in [9.17, 15) is 9.59 Å². The van der Waals surface area contributed by atoms with Gasteiger partial charge in [-0.1, -0.05) is 0 Å². The van der Waals surface area contributed by atoms with Crippen LogP contribution in [0.3, 0.4) is 0 Å². The third kappa shape index (κ3) is 2.69. The van der Waals surface area contributed by atoms with Gasteiger partial charge in [-0.2, -0.15) is 0 Å². The first-order valence-corrected chi connectivity index (χ1v) is 6.87. The monoisotopic (exact) mass is 293 g/mol. The van der Waals surface area contributed by atoms with E-state index in [0.29, 0.717) is 27.5 Å². The van der Waals surface area contributed by atoms with E-state index >= 15 is 0 Å². The van der Waals surface area contributed by atoms with Crippen molar-refractivity contribution in [2.45, 2.75) is 6.92 Å². The van der Waals surface area contributed by atoms with E-state index in [-0.39, 0.29) is 18.4 Å². The molecular weight excluding hydrogens is 278 g/mol. The maximum atomic E-state index is 12.3. The second-order valence-electron chi connectivity index (χ2n) is 4.17. The predicted octanol–water partition coefficient (Wildman–Crippen LogP) is 0.482. The van der Waals surface area contributed by atoms with Gasteiger partial charge in [0.05, 0.1) is 12.2 Å². The van der Waals surface area contributed by atoms with Crippen molar-refractivity contribution < 1.29 is 9.59 Å². The minimum atomic E-state index is -0.307. The van der Waals surface area contributed by atoms with Crippen LogP contribution in [-0.2, 0) is 4.79 Å². The van der Waals surface area contributed by atoms with E-state index in [4.69, 9.17) is 5.73 Å². The van der Waals surface area contributed by atoms with Crippen LogP contribution in [0.5, 0.6) is 0 Å². The molecule has 0 saturated heterocycles. The molecule has 0 aliphatic heterocycles. The van der Waals surface area contributed by atoms with Crippen LogP contribution in [0.15, 0.2) is 12.4 Å². The van der Waals surface area contributed by atoms with Gasteiger partial charge in [0, 0.05) is 26.0 Å². The van der Waals surface area contributed by atoms with Crippen molar-refractivity contribution >= 4 is 39.2 Å². The van der Waals surface area contributed by atoms with Gasteiger partial charge in [0.2, 0.25) is 5.91 Å². The summed E-state index contributed by atoms with van der Waals surface area (Å²) in [6, 6.07) is 0. The number of aromatic nitrogens is 2. The van der Waals surface area contributed by atoms with Crippen molar-refractivity contribution in [2.24, 2.45) is 0 Å². The van der Waals surface area contributed by atoms with Crippen LogP contribution in [0.2, 0.25) is 0 Å². The molecule has 0 atom stereocenters. The number of nitrogens with zero attached hydrogens (tertiary/aromatic N) is 3. The fraction of sp³-hybridized carbons (Fsp3) is 0.333. The predicted molar refractivity (Wildman–Crippen MR) is 77.5 cm³/mol. The van der Waals surface area contributed by atoms with Gasteiger partial charge in [-0.25, -0.2) is 9.97 Å². The van der Waals surface area contributed by atoms with Gasteiger partial charge in [0.25, 0.3) is 5.91 Å². The molecule has 7 nitrogen and oxygen atoms in total. The number of anilines is 1. The van der Waals surface area contributed by atoms with E-state index in [1.807, 2.05) is 6.92 Å². The number of nitrogens with two attached hydrogens (primary N) is 1. The molecule has 20 heavy (non-hydrogen) atoms. The van der Waals surface area contributed by atoms with Crippen molar-refractivity contribution in [3.05, 3.63) is 17.3 Å². The zero-order chi connectivity index (χ0) is 14.7. The molecule has 0 aromatic carbocycles. The average Bonchev–Trinajstić information content (AvgIpc) is 2.76. The SMILES string of the molecule is CCNC(=O)CN(C)C(=O)c1sc2nccnc2c1N. The lowest BCUT2D eigenvalue weighted by molar-refractivity contribution is -0.121. The maximum absolute atomic E-state index is 12.3. The summed E-state index contributed by atoms with van der Waals surface area (Å²) >= 11 is 1.18. The topological polar surface area (TPSA) is 101 Å². The zero-order valence-electron chi connectivity index (χ0n) is 11.2. The van der Waals surface area contributed by atoms with Crippen molar-refractivity contribution in [1.82, 2.24) is 20.2 Å². The average molecular weight is 293 g/mol. The second-order valence-corrected chi connectivity index (χ2v) is 5.17. The highest BCUT2D eigenvalue weighted by Gasteiger charge is 2.22. The first kappa shape index (κ1) is 14.2. The van der Waals surface area contributed by atoms with Crippen molar-refractivity contribution in [3.8, 4) is 0 Å². The lowest BCUT2D eigenvalue weighted by atomic mass is 10.3. The summed E-state index contributed by atoms with van der Waals surface area (Å²) in [6.07, 6.45) is 3.07. The van der Waals surface area contributed by atoms with Crippen LogP contribution >= 0.6 is 11.3 Å². The Kier molecular flexibility index (Phi) is 4.14. The van der Waals surface area contributed by atoms with Gasteiger partial charge in [0.1, 0.15) is 15.2 Å². The Balaban J connectivity index is 2.22. The molecule has 0 spiro atoms. The van der Waals surface area contributed by atoms with Gasteiger partial charge in [0.15, 0.2) is 0 Å². The molecule has 0 radical (unpaired) electrons. The minimum absolute atomic E-state index is 0.0127. The summed E-state index contributed by atoms with van der Waals surface area (Å²) in [4.78, 5) is 34.3. The summed E-state index contributed by atoms with van der Waals surface area (Å²) in [7, 11) is 1.56. The van der Waals surface area contributed by atoms with Gasteiger partial charge in [-0.15, -0.1) is 11.3 Å². The molecule has 0 bridgehead atoms. The third-order valence-corrected chi connectivity index (χ3v) is 3.75. The summed E-state index contributed by atoms with van der Waals surface area (Å²) in [6.45, 7) is 2.34. The van der Waals surface area contributed by atoms with E-state index in [1.54, 1.807) is 13.2 Å². The molecule has 106 valence electrons. The summed E-state index contributed by atoms with van der Waals surface area (Å²) < 4.78 is 0. The normalized spacial score (nSPS) is 10.5. The highest BCUT2D eigenvalue weighted by atomic mass is 32.1. The van der Waals surface area contributed by atoms with Gasteiger partial charge in [-0.05, 0) is 6.92 Å². The molecule has 3 N–H and O–H groups in total. The van der Waals surface area contributed by atoms with Gasteiger partial charge in [-0.3, -0.25) is 9.59 Å². The Morgan fingerprint density at radius 2 is 2.10 bits per heavy atom. The molecule has 0 saturated carbocycles. The Bertz CT molecular complexity index is 654. The summed E-state index contributed by atoms with van der Waals surface area (Å²) in [5.41, 5.74) is 6.76. The molecule has 0 aliphatic carbocycles. The van der Waals surface area contributed by atoms with Crippen molar-refractivity contribution in [2.75, 3.05) is 25.9 Å². The van der Waals surface area contributed by atoms with Crippen LogP contribution in [0.4, 0.5) is 5.69 Å². The smallest absolute Gasteiger partial charge is 0.266 e. The largest absolute Gasteiger partial charge is 0.396 e. The van der Waals surface area contributed by atoms with Crippen molar-refractivity contribution in [3.63, 3.8) is 0 Å². The van der Waals surface area contributed by atoms with Crippen LogP contribution in [0, 0.1) is 0 Å². The summed E-state index contributed by atoms with van der Waals surface area (Å²) in [5.74, 6) is -0.516. The Morgan fingerprint density at radius 3 is 2.75 bits per heavy atom. The highest BCUT2D eigenvalue weighted by molar-refractivity contribution is 7.21. The lowest BCUT2D eigenvalue weighted by Gasteiger charge is -2.15. The van der Waals surface area contributed by atoms with E-state index in [2.05, 4.69) is 15.3 Å². The molecular formula is C12H15N5O2S. The van der Waals surface area contributed by atoms with Gasteiger partial charge < -0.3 is 16.0 Å². The number of nitrogen functional groups attached to an aromatic ring is 1. The molecule has 0 aliphatic rings. The van der Waals surface area contributed by atoms with E-state index in [1.165, 1.54) is 22.4 Å². The molecule has 2 aromatic rings. The van der Waals surface area contributed by atoms with E-state index in [0.717, 1.165) is 0 Å². The number of carbonyl (C=O) groups is 2. The van der Waals surface area contributed by atoms with E-state index < -0.39 is 0 Å². The minimum Gasteiger partial charge on any atom is -0.396 e. The fourth-order valence-electron chi connectivity index (χ4n) is 1.72. The quantitative estimate of drug-likeness (QED) is 0.854. The number of thiophene rings is 1. The molecule has 8 heteroatoms. The molecule has 2 rings (SSSR count). The standard InChI is InChI=1S/C12H15N5O2S/c1-3-14-7(18)6-17(2)12(19)10-8(13)9-11(20-10)16-5-4-15-9/h4-5H,3,6,13H2,1-2H3,(H,14,18). The van der Waals surface area contributed by atoms with Crippen LogP contribution < -0.4 is 11.1 Å². The second kappa shape index (κ2) is 5.83. The number of nitrogens with one attached hydrogen (secondary N) is 1. The lowest BCUT2D eigenvalue weighted by Crippen LogP contribution is -2.38. The number of amides is 2. The molecule has 0 fully saturated rings. The van der Waals surface area contributed by atoms with Crippen molar-refractivity contribution in [1.29, 1.82) is 0 Å². The maximum Gasteiger partial charge on any atom is 0.266 e. The number of rotatable bonds is 4. The Morgan fingerprint density at radius 1 is 1.40 bits per heavy atom. The first-order chi connectivity index (χ1) is 9.54. The molecule has 0 unspecified atom stereocenters. The number of fused-ring (bicyclic) bond motifs is 1. The zero-order valence-corrected chi connectivity index (χ0v) is 12.0. The number of carbonyl (C=O) groups excluding carboxylic acids is 2. The van der Waals surface area contributed by atoms with Crippen LogP contribution in [0.1, 0.15) is 16.6 Å². The molecule has 2 aromatic heterocycles. The highest BCUT2D eigenvalue weighted by Crippen LogP contribution is 2.31. The summed E-state index contributed by atoms with van der Waals surface area (Å²) in [5, 5.41) is 2.64. The molecule has 2 heterocycles. The number of likely N-dealkylation sites (N-methyl/N-ethyl adjacent to an activating group) is 2. The Hall–Kier alpha value is -2.22. The number of hydrogen-bond donors (Lipinski definition) is 2. The Labute approximate surface area is 119 Å². The third-order valence-electron chi connectivity index (χ3n) is 2.66. The molecule has 2 amide bonds. The van der Waals surface area contributed by atoms with Crippen LogP contribution in [-0.4, -0.2) is 46.8 Å². The number of hydrogen-bond acceptors (Lipinski definition) is 6. The fourth-order valence-corrected chi connectivity index (χ4v) is 2.73. The van der Waals surface area contributed by atoms with Gasteiger partial charge >= 0.3 is 0 Å².